The van der Waals surface area contributed by atoms with Crippen molar-refractivity contribution in [2.75, 3.05) is 18.0 Å². The van der Waals surface area contributed by atoms with Crippen LogP contribution < -0.4 is 10.2 Å². The van der Waals surface area contributed by atoms with E-state index in [0.717, 1.165) is 23.4 Å². The number of hydrogen-bond acceptors (Lipinski definition) is 3. The summed E-state index contributed by atoms with van der Waals surface area (Å²) in [4.78, 5) is 6.98. The molecule has 1 fully saturated rings. The summed E-state index contributed by atoms with van der Waals surface area (Å²) in [6, 6.07) is 5.15. The minimum Gasteiger partial charge on any atom is -0.351 e. The highest BCUT2D eigenvalue weighted by atomic mass is 79.9. The van der Waals surface area contributed by atoms with E-state index in [1.807, 2.05) is 12.3 Å². The number of piperidine rings is 1. The van der Waals surface area contributed by atoms with Crippen molar-refractivity contribution in [1.82, 2.24) is 10.3 Å². The Morgan fingerprint density at radius 3 is 3.06 bits per heavy atom. The van der Waals surface area contributed by atoms with Gasteiger partial charge in [0, 0.05) is 31.4 Å². The van der Waals surface area contributed by atoms with Gasteiger partial charge >= 0.3 is 0 Å². The van der Waals surface area contributed by atoms with Gasteiger partial charge in [0.2, 0.25) is 0 Å². The third kappa shape index (κ3) is 3.45. The Labute approximate surface area is 118 Å². The third-order valence-corrected chi connectivity index (χ3v) is 4.02. The molecule has 4 heteroatoms. The summed E-state index contributed by atoms with van der Waals surface area (Å²) >= 11 is 3.61. The monoisotopic (exact) mass is 311 g/mol. The maximum absolute atomic E-state index is 4.53. The average molecular weight is 312 g/mol. The fourth-order valence-corrected chi connectivity index (χ4v) is 2.93. The van der Waals surface area contributed by atoms with Crippen molar-refractivity contribution in [2.45, 2.75) is 45.2 Å². The second-order valence-corrected chi connectivity index (χ2v) is 6.07. The van der Waals surface area contributed by atoms with Crippen molar-refractivity contribution in [3.63, 3.8) is 0 Å². The number of pyridine rings is 1. The molecule has 1 unspecified atom stereocenters. The fraction of sp³-hybridized carbons (Fsp3) is 0.643. The van der Waals surface area contributed by atoms with Crippen LogP contribution in [0, 0.1) is 0 Å². The van der Waals surface area contributed by atoms with E-state index < -0.39 is 0 Å². The van der Waals surface area contributed by atoms with Gasteiger partial charge in [0.25, 0.3) is 0 Å². The van der Waals surface area contributed by atoms with Crippen molar-refractivity contribution >= 4 is 21.7 Å². The third-order valence-electron chi connectivity index (χ3n) is 3.40. The molecule has 0 aliphatic carbocycles. The lowest BCUT2D eigenvalue weighted by Gasteiger charge is -2.37. The van der Waals surface area contributed by atoms with Crippen LogP contribution in [0.1, 0.15) is 33.1 Å². The number of aromatic nitrogens is 1. The first-order valence-corrected chi connectivity index (χ1v) is 7.58. The zero-order valence-corrected chi connectivity index (χ0v) is 12.8. The highest BCUT2D eigenvalue weighted by Gasteiger charge is 2.24. The van der Waals surface area contributed by atoms with Gasteiger partial charge in [-0.2, -0.15) is 0 Å². The second kappa shape index (κ2) is 6.53. The Kier molecular flexibility index (Phi) is 5.01. The van der Waals surface area contributed by atoms with Crippen LogP contribution >= 0.6 is 15.9 Å². The molecular formula is C14H22BrN3. The van der Waals surface area contributed by atoms with Gasteiger partial charge in [0.1, 0.15) is 5.82 Å². The van der Waals surface area contributed by atoms with E-state index in [1.165, 1.54) is 19.3 Å². The van der Waals surface area contributed by atoms with Gasteiger partial charge in [0.15, 0.2) is 0 Å². The maximum Gasteiger partial charge on any atom is 0.143 e. The van der Waals surface area contributed by atoms with Crippen molar-refractivity contribution in [3.05, 3.63) is 22.8 Å². The molecule has 1 aliphatic heterocycles. The molecule has 1 aromatic rings. The SMILES string of the molecule is CC(C)NCC1CCCCN1c1ncccc1Br. The van der Waals surface area contributed by atoms with E-state index in [0.29, 0.717) is 12.1 Å². The summed E-state index contributed by atoms with van der Waals surface area (Å²) in [5, 5.41) is 3.55. The summed E-state index contributed by atoms with van der Waals surface area (Å²) in [6.45, 7) is 6.55. The molecule has 1 N–H and O–H groups in total. The van der Waals surface area contributed by atoms with Crippen molar-refractivity contribution in [2.24, 2.45) is 0 Å². The molecule has 0 bridgehead atoms. The lowest BCUT2D eigenvalue weighted by Crippen LogP contribution is -2.47. The maximum atomic E-state index is 4.53. The molecule has 2 heterocycles. The zero-order chi connectivity index (χ0) is 13.0. The van der Waals surface area contributed by atoms with Crippen LogP contribution in [0.25, 0.3) is 0 Å². The van der Waals surface area contributed by atoms with Gasteiger partial charge in [0.05, 0.1) is 4.47 Å². The number of halogens is 1. The summed E-state index contributed by atoms with van der Waals surface area (Å²) in [5.74, 6) is 1.09. The molecule has 0 aromatic carbocycles. The number of anilines is 1. The Balaban J connectivity index is 2.10. The van der Waals surface area contributed by atoms with Crippen molar-refractivity contribution < 1.29 is 0 Å². The molecule has 0 saturated carbocycles. The van der Waals surface area contributed by atoms with E-state index in [1.54, 1.807) is 0 Å². The van der Waals surface area contributed by atoms with Crippen LogP contribution in [0.15, 0.2) is 22.8 Å². The van der Waals surface area contributed by atoms with Crippen LogP contribution in [0.2, 0.25) is 0 Å². The molecule has 3 nitrogen and oxygen atoms in total. The molecule has 0 radical (unpaired) electrons. The van der Waals surface area contributed by atoms with E-state index in [2.05, 4.69) is 51.0 Å². The average Bonchev–Trinajstić information content (AvgIpc) is 2.37. The van der Waals surface area contributed by atoms with Crippen LogP contribution in [0.4, 0.5) is 5.82 Å². The minimum absolute atomic E-state index is 0.543. The Bertz CT molecular complexity index is 381. The molecule has 18 heavy (non-hydrogen) atoms. The van der Waals surface area contributed by atoms with Crippen molar-refractivity contribution in [3.8, 4) is 0 Å². The predicted molar refractivity (Wildman–Crippen MR) is 80.1 cm³/mol. The summed E-state index contributed by atoms with van der Waals surface area (Å²) in [5.41, 5.74) is 0. The highest BCUT2D eigenvalue weighted by Crippen LogP contribution is 2.28. The quantitative estimate of drug-likeness (QED) is 0.925. The molecule has 0 spiro atoms. The Hall–Kier alpha value is -0.610. The van der Waals surface area contributed by atoms with Crippen molar-refractivity contribution in [1.29, 1.82) is 0 Å². The van der Waals surface area contributed by atoms with E-state index >= 15 is 0 Å². The van der Waals surface area contributed by atoms with Crippen LogP contribution in [-0.2, 0) is 0 Å². The fourth-order valence-electron chi connectivity index (χ4n) is 2.45. The minimum atomic E-state index is 0.543. The zero-order valence-electron chi connectivity index (χ0n) is 11.2. The molecule has 2 rings (SSSR count). The number of rotatable bonds is 4. The van der Waals surface area contributed by atoms with E-state index in [4.69, 9.17) is 0 Å². The van der Waals surface area contributed by atoms with Gasteiger partial charge in [-0.3, -0.25) is 0 Å². The van der Waals surface area contributed by atoms with Crippen LogP contribution in [0.3, 0.4) is 0 Å². The number of hydrogen-bond donors (Lipinski definition) is 1. The van der Waals surface area contributed by atoms with Crippen LogP contribution in [0.5, 0.6) is 0 Å². The molecule has 100 valence electrons. The van der Waals surface area contributed by atoms with Gasteiger partial charge < -0.3 is 10.2 Å². The van der Waals surface area contributed by atoms with Crippen LogP contribution in [-0.4, -0.2) is 30.2 Å². The van der Waals surface area contributed by atoms with E-state index in [-0.39, 0.29) is 0 Å². The topological polar surface area (TPSA) is 28.2 Å². The lowest BCUT2D eigenvalue weighted by atomic mass is 10.0. The smallest absolute Gasteiger partial charge is 0.143 e. The Morgan fingerprint density at radius 1 is 1.50 bits per heavy atom. The molecule has 1 aliphatic rings. The first kappa shape index (κ1) is 13.8. The molecule has 1 saturated heterocycles. The summed E-state index contributed by atoms with van der Waals surface area (Å²) < 4.78 is 1.10. The number of nitrogens with one attached hydrogen (secondary N) is 1. The summed E-state index contributed by atoms with van der Waals surface area (Å²) in [7, 11) is 0. The normalized spacial score (nSPS) is 20.4. The Morgan fingerprint density at radius 2 is 2.33 bits per heavy atom. The largest absolute Gasteiger partial charge is 0.351 e. The molecule has 1 aromatic heterocycles. The standard InChI is InChI=1S/C14H22BrN3/c1-11(2)17-10-12-6-3-4-9-18(12)14-13(15)7-5-8-16-14/h5,7-8,11-12,17H,3-4,6,9-10H2,1-2H3. The second-order valence-electron chi connectivity index (χ2n) is 5.21. The van der Waals surface area contributed by atoms with Gasteiger partial charge in [-0.25, -0.2) is 4.98 Å². The lowest BCUT2D eigenvalue weighted by molar-refractivity contribution is 0.418. The van der Waals surface area contributed by atoms with Gasteiger partial charge in [-0.05, 0) is 47.3 Å². The number of nitrogens with zero attached hydrogens (tertiary/aromatic N) is 2. The molecular weight excluding hydrogens is 290 g/mol. The van der Waals surface area contributed by atoms with Gasteiger partial charge in [-0.1, -0.05) is 13.8 Å². The highest BCUT2D eigenvalue weighted by molar-refractivity contribution is 9.10. The first-order valence-electron chi connectivity index (χ1n) is 6.79. The van der Waals surface area contributed by atoms with Gasteiger partial charge in [-0.15, -0.1) is 0 Å². The summed E-state index contributed by atoms with van der Waals surface area (Å²) in [6.07, 6.45) is 5.72. The predicted octanol–water partition coefficient (Wildman–Crippen LogP) is 3.20. The molecule has 0 amide bonds. The first-order chi connectivity index (χ1) is 8.68. The van der Waals surface area contributed by atoms with E-state index in [9.17, 15) is 0 Å². The molecule has 1 atom stereocenters.